The summed E-state index contributed by atoms with van der Waals surface area (Å²) in [5, 5.41) is 0. The lowest BCUT2D eigenvalue weighted by molar-refractivity contribution is 0.237. The van der Waals surface area contributed by atoms with Gasteiger partial charge in [-0.05, 0) is 33.5 Å². The van der Waals surface area contributed by atoms with Gasteiger partial charge in [0.1, 0.15) is 5.75 Å². The van der Waals surface area contributed by atoms with Crippen LogP contribution in [0.1, 0.15) is 19.4 Å². The molecule has 0 aromatic heterocycles. The molecule has 0 unspecified atom stereocenters. The SMILES string of the molecule is [CH2-]N(C)Cc1ccccc1OC(C)C. The molecule has 14 heavy (non-hydrogen) atoms. The Morgan fingerprint density at radius 2 is 2.00 bits per heavy atom. The summed E-state index contributed by atoms with van der Waals surface area (Å²) in [6, 6.07) is 8.08. The predicted octanol–water partition coefficient (Wildman–Crippen LogP) is 2.70. The molecule has 0 N–H and O–H groups in total. The fourth-order valence-corrected chi connectivity index (χ4v) is 1.29. The van der Waals surface area contributed by atoms with Crippen LogP contribution in [0, 0.1) is 7.05 Å². The monoisotopic (exact) mass is 192 g/mol. The Morgan fingerprint density at radius 1 is 1.36 bits per heavy atom. The van der Waals surface area contributed by atoms with Gasteiger partial charge in [0.2, 0.25) is 0 Å². The van der Waals surface area contributed by atoms with Crippen LogP contribution in [0.3, 0.4) is 0 Å². The van der Waals surface area contributed by atoms with E-state index in [0.717, 1.165) is 12.3 Å². The van der Waals surface area contributed by atoms with E-state index in [9.17, 15) is 0 Å². The van der Waals surface area contributed by atoms with Crippen LogP contribution in [-0.2, 0) is 6.54 Å². The van der Waals surface area contributed by atoms with Gasteiger partial charge in [0, 0.05) is 5.56 Å². The highest BCUT2D eigenvalue weighted by Gasteiger charge is 2.03. The van der Waals surface area contributed by atoms with Crippen molar-refractivity contribution < 1.29 is 4.74 Å². The van der Waals surface area contributed by atoms with Gasteiger partial charge in [-0.3, -0.25) is 7.05 Å². The first-order chi connectivity index (χ1) is 6.59. The third-order valence-electron chi connectivity index (χ3n) is 1.78. The molecule has 0 saturated heterocycles. The topological polar surface area (TPSA) is 12.5 Å². The van der Waals surface area contributed by atoms with Gasteiger partial charge in [-0.15, -0.1) is 0 Å². The fourth-order valence-electron chi connectivity index (χ4n) is 1.29. The van der Waals surface area contributed by atoms with Gasteiger partial charge in [-0.2, -0.15) is 0 Å². The maximum Gasteiger partial charge on any atom is 0.124 e. The summed E-state index contributed by atoms with van der Waals surface area (Å²) >= 11 is 0. The lowest BCUT2D eigenvalue weighted by Crippen LogP contribution is -2.12. The van der Waals surface area contributed by atoms with Gasteiger partial charge in [-0.25, -0.2) is 0 Å². The summed E-state index contributed by atoms with van der Waals surface area (Å²) in [6.45, 7) is 4.87. The predicted molar refractivity (Wildman–Crippen MR) is 59.0 cm³/mol. The van der Waals surface area contributed by atoms with Gasteiger partial charge < -0.3 is 9.64 Å². The van der Waals surface area contributed by atoms with Crippen LogP contribution in [0.2, 0.25) is 0 Å². The minimum absolute atomic E-state index is 0.214. The Labute approximate surface area is 86.5 Å². The highest BCUT2D eigenvalue weighted by Crippen LogP contribution is 2.20. The van der Waals surface area contributed by atoms with Crippen molar-refractivity contribution in [2.24, 2.45) is 0 Å². The highest BCUT2D eigenvalue weighted by molar-refractivity contribution is 5.33. The quantitative estimate of drug-likeness (QED) is 0.680. The standard InChI is InChI=1S/C12H18NO/c1-10(2)14-12-8-6-5-7-11(12)9-13(3)4/h5-8,10H,3,9H2,1-2,4H3/q-1. The fraction of sp³-hybridized carbons (Fsp3) is 0.417. The van der Waals surface area contributed by atoms with E-state index in [2.05, 4.69) is 13.1 Å². The highest BCUT2D eigenvalue weighted by atomic mass is 16.5. The van der Waals surface area contributed by atoms with Gasteiger partial charge in [0.25, 0.3) is 0 Å². The Hall–Kier alpha value is -1.02. The average molecular weight is 192 g/mol. The van der Waals surface area contributed by atoms with Crippen molar-refractivity contribution in [3.63, 3.8) is 0 Å². The summed E-state index contributed by atoms with van der Waals surface area (Å²) in [4.78, 5) is 1.89. The molecule has 0 saturated carbocycles. The zero-order valence-electron chi connectivity index (χ0n) is 9.16. The average Bonchev–Trinajstić information content (AvgIpc) is 2.06. The summed E-state index contributed by atoms with van der Waals surface area (Å²) in [5.74, 6) is 0.956. The summed E-state index contributed by atoms with van der Waals surface area (Å²) < 4.78 is 5.69. The first-order valence-corrected chi connectivity index (χ1v) is 4.86. The normalized spacial score (nSPS) is 11.0. The molecule has 0 radical (unpaired) electrons. The van der Waals surface area contributed by atoms with E-state index in [0.29, 0.717) is 0 Å². The van der Waals surface area contributed by atoms with E-state index in [1.807, 2.05) is 44.0 Å². The first-order valence-electron chi connectivity index (χ1n) is 4.86. The van der Waals surface area contributed by atoms with Crippen LogP contribution >= 0.6 is 0 Å². The van der Waals surface area contributed by atoms with Crippen molar-refractivity contribution in [3.8, 4) is 5.75 Å². The van der Waals surface area contributed by atoms with Gasteiger partial charge in [0.05, 0.1) is 6.10 Å². The van der Waals surface area contributed by atoms with Gasteiger partial charge >= 0.3 is 0 Å². The lowest BCUT2D eigenvalue weighted by atomic mass is 10.2. The lowest BCUT2D eigenvalue weighted by Gasteiger charge is -2.21. The number of para-hydroxylation sites is 1. The number of hydrogen-bond acceptors (Lipinski definition) is 2. The molecule has 2 heteroatoms. The van der Waals surface area contributed by atoms with E-state index in [-0.39, 0.29) is 6.10 Å². The number of rotatable bonds is 4. The largest absolute Gasteiger partial charge is 0.491 e. The molecule has 0 aliphatic rings. The maximum atomic E-state index is 5.69. The van der Waals surface area contributed by atoms with Crippen LogP contribution in [0.4, 0.5) is 0 Å². The van der Waals surface area contributed by atoms with Crippen molar-refractivity contribution in [2.45, 2.75) is 26.5 Å². The van der Waals surface area contributed by atoms with Crippen molar-refractivity contribution in [1.29, 1.82) is 0 Å². The Bertz CT molecular complexity index is 252. The van der Waals surface area contributed by atoms with E-state index in [1.165, 1.54) is 5.56 Å². The summed E-state index contributed by atoms with van der Waals surface area (Å²) in [5.41, 5.74) is 1.18. The molecule has 78 valence electrons. The second-order valence-electron chi connectivity index (χ2n) is 3.79. The van der Waals surface area contributed by atoms with Gasteiger partial charge in [0.15, 0.2) is 0 Å². The van der Waals surface area contributed by atoms with Crippen molar-refractivity contribution in [2.75, 3.05) is 7.05 Å². The molecule has 0 bridgehead atoms. The molecule has 0 atom stereocenters. The molecule has 1 aromatic carbocycles. The van der Waals surface area contributed by atoms with Crippen molar-refractivity contribution in [3.05, 3.63) is 36.9 Å². The molecule has 0 aliphatic heterocycles. The van der Waals surface area contributed by atoms with E-state index >= 15 is 0 Å². The molecule has 0 amide bonds. The number of hydrogen-bond donors (Lipinski definition) is 0. The molecule has 2 nitrogen and oxygen atoms in total. The molecule has 1 rings (SSSR count). The zero-order chi connectivity index (χ0) is 10.6. The smallest absolute Gasteiger partial charge is 0.124 e. The van der Waals surface area contributed by atoms with Crippen molar-refractivity contribution in [1.82, 2.24) is 4.90 Å². The second kappa shape index (κ2) is 5.01. The van der Waals surface area contributed by atoms with Crippen LogP contribution in [0.25, 0.3) is 0 Å². The van der Waals surface area contributed by atoms with E-state index in [4.69, 9.17) is 4.74 Å². The Morgan fingerprint density at radius 3 is 2.57 bits per heavy atom. The number of ether oxygens (including phenoxy) is 1. The molecule has 0 spiro atoms. The minimum atomic E-state index is 0.214. The molecule has 0 aliphatic carbocycles. The van der Waals surface area contributed by atoms with Gasteiger partial charge in [-0.1, -0.05) is 18.2 Å². The molecular weight excluding hydrogens is 174 g/mol. The van der Waals surface area contributed by atoms with Crippen LogP contribution in [0.15, 0.2) is 24.3 Å². The van der Waals surface area contributed by atoms with E-state index in [1.54, 1.807) is 0 Å². The zero-order valence-corrected chi connectivity index (χ0v) is 9.16. The third kappa shape index (κ3) is 3.38. The molecule has 0 fully saturated rings. The summed E-state index contributed by atoms with van der Waals surface area (Å²) in [7, 11) is 5.78. The molecule has 1 aromatic rings. The third-order valence-corrected chi connectivity index (χ3v) is 1.78. The number of benzene rings is 1. The molecular formula is C12H18NO-. The maximum absolute atomic E-state index is 5.69. The Balaban J connectivity index is 2.80. The number of nitrogens with zero attached hydrogens (tertiary/aromatic N) is 1. The first kappa shape index (κ1) is 11.1. The van der Waals surface area contributed by atoms with Crippen LogP contribution in [-0.4, -0.2) is 18.1 Å². The van der Waals surface area contributed by atoms with Crippen LogP contribution < -0.4 is 4.74 Å². The Kier molecular flexibility index (Phi) is 3.96. The minimum Gasteiger partial charge on any atom is -0.491 e. The molecule has 0 heterocycles. The summed E-state index contributed by atoms with van der Waals surface area (Å²) in [6.07, 6.45) is 0.214. The van der Waals surface area contributed by atoms with Crippen molar-refractivity contribution >= 4 is 0 Å². The second-order valence-corrected chi connectivity index (χ2v) is 3.79. The van der Waals surface area contributed by atoms with E-state index < -0.39 is 0 Å². The van der Waals surface area contributed by atoms with Crippen LogP contribution in [0.5, 0.6) is 5.75 Å².